The van der Waals surface area contributed by atoms with Crippen LogP contribution in [0.15, 0.2) is 27.6 Å². The van der Waals surface area contributed by atoms with Gasteiger partial charge in [-0.15, -0.1) is 0 Å². The van der Waals surface area contributed by atoms with Gasteiger partial charge >= 0.3 is 0 Å². The maximum Gasteiger partial charge on any atom is 0.240 e. The molecular weight excluding hydrogens is 388 g/mol. The zero-order valence-corrected chi connectivity index (χ0v) is 18.5. The van der Waals surface area contributed by atoms with Crippen LogP contribution >= 0.6 is 0 Å². The molecule has 0 spiro atoms. The van der Waals surface area contributed by atoms with Crippen molar-refractivity contribution in [3.05, 3.63) is 29.7 Å². The van der Waals surface area contributed by atoms with E-state index >= 15 is 0 Å². The number of benzene rings is 1. The lowest BCUT2D eigenvalue weighted by Gasteiger charge is -2.27. The number of sulfonamides is 1. The van der Waals surface area contributed by atoms with Crippen molar-refractivity contribution in [3.8, 4) is 11.4 Å². The average molecular weight is 421 g/mol. The second kappa shape index (κ2) is 9.82. The molecule has 1 aromatic heterocycles. The van der Waals surface area contributed by atoms with Crippen molar-refractivity contribution in [3.63, 3.8) is 0 Å². The molecule has 1 saturated heterocycles. The number of aryl methyl sites for hydroxylation is 2. The highest BCUT2D eigenvalue weighted by atomic mass is 32.2. The van der Waals surface area contributed by atoms with E-state index in [1.807, 2.05) is 13.0 Å². The number of rotatable bonds is 8. The highest BCUT2D eigenvalue weighted by molar-refractivity contribution is 7.89. The molecule has 2 aromatic rings. The van der Waals surface area contributed by atoms with Gasteiger partial charge in [-0.1, -0.05) is 37.1 Å². The summed E-state index contributed by atoms with van der Waals surface area (Å²) in [6.07, 6.45) is 6.50. The van der Waals surface area contributed by atoms with Crippen LogP contribution < -0.4 is 4.72 Å². The Balaban J connectivity index is 1.66. The number of nitrogens with zero attached hydrogens (tertiary/aromatic N) is 3. The van der Waals surface area contributed by atoms with Gasteiger partial charge in [-0.25, -0.2) is 13.1 Å². The Kier molecular flexibility index (Phi) is 7.43. The summed E-state index contributed by atoms with van der Waals surface area (Å²) >= 11 is 0. The molecule has 0 radical (unpaired) electrons. The zero-order valence-electron chi connectivity index (χ0n) is 17.6. The summed E-state index contributed by atoms with van der Waals surface area (Å²) < 4.78 is 33.8. The largest absolute Gasteiger partial charge is 0.339 e. The van der Waals surface area contributed by atoms with Gasteiger partial charge in [0.2, 0.25) is 21.7 Å². The topological polar surface area (TPSA) is 88.3 Å². The van der Waals surface area contributed by atoms with E-state index in [0.29, 0.717) is 41.8 Å². The minimum atomic E-state index is -3.61. The van der Waals surface area contributed by atoms with E-state index in [4.69, 9.17) is 4.52 Å². The van der Waals surface area contributed by atoms with Crippen LogP contribution in [-0.2, 0) is 16.4 Å². The third-order valence-electron chi connectivity index (χ3n) is 5.62. The van der Waals surface area contributed by atoms with Crippen LogP contribution in [-0.4, -0.2) is 49.1 Å². The van der Waals surface area contributed by atoms with Gasteiger partial charge in [-0.2, -0.15) is 4.98 Å². The normalized spacial score (nSPS) is 17.2. The van der Waals surface area contributed by atoms with Crippen LogP contribution in [0.25, 0.3) is 11.4 Å². The van der Waals surface area contributed by atoms with E-state index in [9.17, 15) is 8.42 Å². The van der Waals surface area contributed by atoms with E-state index in [1.54, 1.807) is 19.1 Å². The Bertz CT molecular complexity index is 902. The third-order valence-corrected chi connectivity index (χ3v) is 7.23. The van der Waals surface area contributed by atoms with E-state index in [2.05, 4.69) is 26.7 Å². The summed E-state index contributed by atoms with van der Waals surface area (Å²) in [7, 11) is -3.61. The number of likely N-dealkylation sites (tertiary alicyclic amines) is 1. The highest BCUT2D eigenvalue weighted by Crippen LogP contribution is 2.23. The second-order valence-electron chi connectivity index (χ2n) is 7.83. The first kappa shape index (κ1) is 21.9. The maximum atomic E-state index is 12.9. The van der Waals surface area contributed by atoms with Crippen LogP contribution in [0.5, 0.6) is 0 Å². The molecular formula is C21H32N4O3S. The SMILES string of the molecule is CCc1nc(-c2ccc(C)c(S(=O)(=O)NCCC(C)N3CCCCCC3)c2)no1. The minimum absolute atomic E-state index is 0.264. The molecule has 1 N–H and O–H groups in total. The van der Waals surface area contributed by atoms with Crippen LogP contribution in [0.1, 0.15) is 57.4 Å². The van der Waals surface area contributed by atoms with E-state index in [0.717, 1.165) is 19.5 Å². The zero-order chi connectivity index (χ0) is 20.9. The maximum absolute atomic E-state index is 12.9. The first-order valence-electron chi connectivity index (χ1n) is 10.6. The smallest absolute Gasteiger partial charge is 0.240 e. The fraction of sp³-hybridized carbons (Fsp3) is 0.619. The summed E-state index contributed by atoms with van der Waals surface area (Å²) in [5, 5.41) is 3.95. The summed E-state index contributed by atoms with van der Waals surface area (Å²) in [5.41, 5.74) is 1.33. The molecule has 3 rings (SSSR count). The molecule has 160 valence electrons. The van der Waals surface area contributed by atoms with E-state index in [1.165, 1.54) is 25.7 Å². The predicted octanol–water partition coefficient (Wildman–Crippen LogP) is 3.54. The molecule has 0 bridgehead atoms. The summed E-state index contributed by atoms with van der Waals surface area (Å²) in [6.45, 7) is 8.56. The number of hydrogen-bond donors (Lipinski definition) is 1. The van der Waals surface area contributed by atoms with Gasteiger partial charge in [-0.3, -0.25) is 0 Å². The summed E-state index contributed by atoms with van der Waals surface area (Å²) in [4.78, 5) is 7.04. The molecule has 1 atom stereocenters. The van der Waals surface area contributed by atoms with Crippen LogP contribution in [0.4, 0.5) is 0 Å². The van der Waals surface area contributed by atoms with Gasteiger partial charge in [0.15, 0.2) is 0 Å². The highest BCUT2D eigenvalue weighted by Gasteiger charge is 2.21. The molecule has 0 aliphatic carbocycles. The first-order valence-corrected chi connectivity index (χ1v) is 12.1. The van der Waals surface area contributed by atoms with Crippen molar-refractivity contribution < 1.29 is 12.9 Å². The average Bonchev–Trinajstić information content (AvgIpc) is 3.01. The molecule has 1 aliphatic heterocycles. The van der Waals surface area contributed by atoms with Crippen molar-refractivity contribution in [1.82, 2.24) is 19.8 Å². The van der Waals surface area contributed by atoms with Gasteiger partial charge in [0.25, 0.3) is 0 Å². The quantitative estimate of drug-likeness (QED) is 0.703. The van der Waals surface area contributed by atoms with Crippen LogP contribution in [0, 0.1) is 6.92 Å². The van der Waals surface area contributed by atoms with Crippen molar-refractivity contribution in [2.45, 2.75) is 70.2 Å². The molecule has 1 fully saturated rings. The fourth-order valence-corrected chi connectivity index (χ4v) is 5.06. The van der Waals surface area contributed by atoms with E-state index < -0.39 is 10.0 Å². The van der Waals surface area contributed by atoms with Gasteiger partial charge in [-0.05, 0) is 57.8 Å². The lowest BCUT2D eigenvalue weighted by molar-refractivity contribution is 0.208. The van der Waals surface area contributed by atoms with Gasteiger partial charge in [0.1, 0.15) is 0 Å². The Morgan fingerprint density at radius 2 is 1.93 bits per heavy atom. The summed E-state index contributed by atoms with van der Waals surface area (Å²) in [5.74, 6) is 0.943. The molecule has 7 nitrogen and oxygen atoms in total. The minimum Gasteiger partial charge on any atom is -0.339 e. The monoisotopic (exact) mass is 420 g/mol. The van der Waals surface area contributed by atoms with Crippen molar-refractivity contribution in [2.75, 3.05) is 19.6 Å². The molecule has 8 heteroatoms. The molecule has 0 saturated carbocycles. The number of hydrogen-bond acceptors (Lipinski definition) is 6. The van der Waals surface area contributed by atoms with Crippen molar-refractivity contribution >= 4 is 10.0 Å². The third kappa shape index (κ3) is 5.65. The van der Waals surface area contributed by atoms with Gasteiger partial charge < -0.3 is 9.42 Å². The molecule has 1 aromatic carbocycles. The molecule has 1 aliphatic rings. The standard InChI is InChI=1S/C21H32N4O3S/c1-4-20-23-21(24-28-20)18-10-9-16(2)19(15-18)29(26,27)22-12-11-17(3)25-13-7-5-6-8-14-25/h9-10,15,17,22H,4-8,11-14H2,1-3H3. The molecule has 29 heavy (non-hydrogen) atoms. The van der Waals surface area contributed by atoms with Gasteiger partial charge in [0.05, 0.1) is 4.90 Å². The fourth-order valence-electron chi connectivity index (χ4n) is 3.74. The lowest BCUT2D eigenvalue weighted by Crippen LogP contribution is -2.37. The number of nitrogens with one attached hydrogen (secondary N) is 1. The Labute approximate surface area is 173 Å². The number of aromatic nitrogens is 2. The Hall–Kier alpha value is -1.77. The second-order valence-corrected chi connectivity index (χ2v) is 9.57. The molecule has 0 amide bonds. The van der Waals surface area contributed by atoms with Crippen molar-refractivity contribution in [2.24, 2.45) is 0 Å². The van der Waals surface area contributed by atoms with E-state index in [-0.39, 0.29) is 4.90 Å². The summed E-state index contributed by atoms with van der Waals surface area (Å²) in [6, 6.07) is 5.60. The Morgan fingerprint density at radius 1 is 1.21 bits per heavy atom. The van der Waals surface area contributed by atoms with Crippen molar-refractivity contribution in [1.29, 1.82) is 0 Å². The van der Waals surface area contributed by atoms with Crippen LogP contribution in [0.3, 0.4) is 0 Å². The molecule has 2 heterocycles. The Morgan fingerprint density at radius 3 is 2.59 bits per heavy atom. The first-order chi connectivity index (χ1) is 13.9. The van der Waals surface area contributed by atoms with Crippen LogP contribution in [0.2, 0.25) is 0 Å². The molecule has 1 unspecified atom stereocenters. The lowest BCUT2D eigenvalue weighted by atomic mass is 10.1. The predicted molar refractivity (Wildman–Crippen MR) is 113 cm³/mol. The van der Waals surface area contributed by atoms with Gasteiger partial charge in [0, 0.05) is 24.6 Å².